The molecule has 0 saturated carbocycles. The smallest absolute Gasteiger partial charge is 0.236 e. The van der Waals surface area contributed by atoms with Gasteiger partial charge in [0.05, 0.1) is 6.54 Å². The quantitative estimate of drug-likeness (QED) is 0.825. The molecule has 0 aromatic carbocycles. The van der Waals surface area contributed by atoms with E-state index in [0.29, 0.717) is 12.6 Å². The number of amides is 1. The fraction of sp³-hybridized carbons (Fsp3) is 0.526. The summed E-state index contributed by atoms with van der Waals surface area (Å²) in [6, 6.07) is 4.45. The van der Waals surface area contributed by atoms with Crippen LogP contribution in [0, 0.1) is 0 Å². The Kier molecular flexibility index (Phi) is 5.17. The molecule has 2 aliphatic rings. The predicted molar refractivity (Wildman–Crippen MR) is 103 cm³/mol. The second kappa shape index (κ2) is 7.72. The van der Waals surface area contributed by atoms with Gasteiger partial charge in [-0.2, -0.15) is 0 Å². The number of nitrogens with zero attached hydrogens (tertiary/aromatic N) is 5. The summed E-state index contributed by atoms with van der Waals surface area (Å²) in [7, 11) is 0. The second-order valence-electron chi connectivity index (χ2n) is 6.86. The average Bonchev–Trinajstić information content (AvgIpc) is 3.17. The van der Waals surface area contributed by atoms with Crippen molar-refractivity contribution in [2.75, 3.05) is 44.2 Å². The van der Waals surface area contributed by atoms with Crippen molar-refractivity contribution in [3.05, 3.63) is 40.3 Å². The highest BCUT2D eigenvalue weighted by Gasteiger charge is 2.30. The van der Waals surface area contributed by atoms with Gasteiger partial charge < -0.3 is 9.80 Å². The number of aromatic nitrogens is 2. The van der Waals surface area contributed by atoms with Crippen LogP contribution in [-0.4, -0.2) is 64.9 Å². The maximum absolute atomic E-state index is 12.9. The highest BCUT2D eigenvalue weighted by Crippen LogP contribution is 2.35. The van der Waals surface area contributed by atoms with Gasteiger partial charge in [0.2, 0.25) is 11.9 Å². The number of anilines is 1. The Morgan fingerprint density at radius 1 is 1.19 bits per heavy atom. The molecule has 26 heavy (non-hydrogen) atoms. The predicted octanol–water partition coefficient (Wildman–Crippen LogP) is 2.20. The molecule has 0 radical (unpaired) electrons. The Labute approximate surface area is 158 Å². The van der Waals surface area contributed by atoms with E-state index in [1.165, 1.54) is 10.4 Å². The molecule has 0 unspecified atom stereocenters. The summed E-state index contributed by atoms with van der Waals surface area (Å²) < 4.78 is 0. The Bertz CT molecular complexity index is 741. The van der Waals surface area contributed by atoms with Gasteiger partial charge in [0.1, 0.15) is 0 Å². The van der Waals surface area contributed by atoms with Gasteiger partial charge >= 0.3 is 0 Å². The molecular weight excluding hydrogens is 346 g/mol. The van der Waals surface area contributed by atoms with Gasteiger partial charge in [-0.25, -0.2) is 9.97 Å². The Morgan fingerprint density at radius 2 is 1.96 bits per heavy atom. The van der Waals surface area contributed by atoms with Crippen molar-refractivity contribution in [2.45, 2.75) is 25.8 Å². The molecule has 138 valence electrons. The number of carbonyl (C=O) groups is 1. The van der Waals surface area contributed by atoms with Gasteiger partial charge in [-0.1, -0.05) is 6.92 Å². The first-order valence-corrected chi connectivity index (χ1v) is 10.2. The number of thiophene rings is 1. The van der Waals surface area contributed by atoms with Crippen LogP contribution >= 0.6 is 11.3 Å². The lowest BCUT2D eigenvalue weighted by Crippen LogP contribution is -2.52. The van der Waals surface area contributed by atoms with Crippen LogP contribution in [0.3, 0.4) is 0 Å². The molecule has 7 heteroatoms. The van der Waals surface area contributed by atoms with Crippen LogP contribution in [0.4, 0.5) is 5.95 Å². The van der Waals surface area contributed by atoms with E-state index in [2.05, 4.69) is 38.1 Å². The van der Waals surface area contributed by atoms with E-state index in [4.69, 9.17) is 0 Å². The number of rotatable bonds is 4. The molecule has 2 aromatic rings. The lowest BCUT2D eigenvalue weighted by Gasteiger charge is -2.38. The Morgan fingerprint density at radius 3 is 2.69 bits per heavy atom. The van der Waals surface area contributed by atoms with Crippen LogP contribution in [0.1, 0.15) is 29.8 Å². The maximum Gasteiger partial charge on any atom is 0.236 e. The SMILES string of the molecule is CC[C@@H]1c2ccsc2CCN1CC(=O)N1CCN(c2ncccn2)CC1. The molecule has 6 nitrogen and oxygen atoms in total. The summed E-state index contributed by atoms with van der Waals surface area (Å²) in [4.78, 5) is 29.5. The monoisotopic (exact) mass is 371 g/mol. The summed E-state index contributed by atoms with van der Waals surface area (Å²) in [5.41, 5.74) is 1.43. The molecule has 4 rings (SSSR count). The number of fused-ring (bicyclic) bond motifs is 1. The van der Waals surface area contributed by atoms with E-state index in [0.717, 1.165) is 51.5 Å². The van der Waals surface area contributed by atoms with Crippen LogP contribution in [0.2, 0.25) is 0 Å². The van der Waals surface area contributed by atoms with E-state index in [1.54, 1.807) is 12.4 Å². The zero-order valence-electron chi connectivity index (χ0n) is 15.2. The Balaban J connectivity index is 1.34. The zero-order chi connectivity index (χ0) is 17.9. The molecule has 2 aromatic heterocycles. The summed E-state index contributed by atoms with van der Waals surface area (Å²) in [5, 5.41) is 2.18. The van der Waals surface area contributed by atoms with E-state index < -0.39 is 0 Å². The second-order valence-corrected chi connectivity index (χ2v) is 7.86. The minimum absolute atomic E-state index is 0.246. The fourth-order valence-electron chi connectivity index (χ4n) is 4.00. The third-order valence-corrected chi connectivity index (χ3v) is 6.39. The van der Waals surface area contributed by atoms with E-state index >= 15 is 0 Å². The van der Waals surface area contributed by atoms with Crippen LogP contribution in [0.5, 0.6) is 0 Å². The minimum Gasteiger partial charge on any atom is -0.338 e. The van der Waals surface area contributed by atoms with Gasteiger partial charge in [0.15, 0.2) is 0 Å². The zero-order valence-corrected chi connectivity index (χ0v) is 16.0. The van der Waals surface area contributed by atoms with Crippen molar-refractivity contribution in [1.82, 2.24) is 19.8 Å². The summed E-state index contributed by atoms with van der Waals surface area (Å²) in [6.45, 7) is 6.79. The third kappa shape index (κ3) is 3.46. The first-order chi connectivity index (χ1) is 12.8. The molecule has 4 heterocycles. The van der Waals surface area contributed by atoms with Gasteiger partial charge in [-0.3, -0.25) is 9.69 Å². The van der Waals surface area contributed by atoms with Crippen molar-refractivity contribution >= 4 is 23.2 Å². The topological polar surface area (TPSA) is 52.6 Å². The molecular formula is C19H25N5OS. The average molecular weight is 372 g/mol. The number of hydrogen-bond acceptors (Lipinski definition) is 6. The maximum atomic E-state index is 12.9. The van der Waals surface area contributed by atoms with Crippen molar-refractivity contribution in [1.29, 1.82) is 0 Å². The number of carbonyl (C=O) groups excluding carboxylic acids is 1. The molecule has 1 atom stereocenters. The van der Waals surface area contributed by atoms with Crippen molar-refractivity contribution in [3.63, 3.8) is 0 Å². The van der Waals surface area contributed by atoms with Gasteiger partial charge in [-0.15, -0.1) is 11.3 Å². The highest BCUT2D eigenvalue weighted by atomic mass is 32.1. The summed E-state index contributed by atoms with van der Waals surface area (Å²) in [6.07, 6.45) is 5.64. The standard InChI is InChI=1S/C19H25N5OS/c1-2-16-15-5-13-26-17(15)4-8-24(16)14-18(25)22-9-11-23(12-10-22)19-20-6-3-7-21-19/h3,5-7,13,16H,2,4,8-12,14H2,1H3/t16-/m1/s1. The normalized spacial score (nSPS) is 20.9. The first-order valence-electron chi connectivity index (χ1n) is 9.36. The van der Waals surface area contributed by atoms with Crippen LogP contribution in [0.25, 0.3) is 0 Å². The molecule has 1 amide bonds. The van der Waals surface area contributed by atoms with E-state index in [1.807, 2.05) is 22.3 Å². The lowest BCUT2D eigenvalue weighted by atomic mass is 9.98. The summed E-state index contributed by atoms with van der Waals surface area (Å²) >= 11 is 1.85. The van der Waals surface area contributed by atoms with Crippen LogP contribution in [-0.2, 0) is 11.2 Å². The molecule has 0 bridgehead atoms. The van der Waals surface area contributed by atoms with Crippen LogP contribution in [0.15, 0.2) is 29.9 Å². The van der Waals surface area contributed by atoms with Gasteiger partial charge in [0, 0.05) is 56.0 Å². The van der Waals surface area contributed by atoms with Crippen LogP contribution < -0.4 is 4.90 Å². The first kappa shape index (κ1) is 17.4. The largest absolute Gasteiger partial charge is 0.338 e. The van der Waals surface area contributed by atoms with E-state index in [-0.39, 0.29) is 5.91 Å². The van der Waals surface area contributed by atoms with Crippen molar-refractivity contribution in [3.8, 4) is 0 Å². The molecule has 0 aliphatic carbocycles. The minimum atomic E-state index is 0.246. The third-order valence-electron chi connectivity index (χ3n) is 5.40. The van der Waals surface area contributed by atoms with Crippen molar-refractivity contribution in [2.24, 2.45) is 0 Å². The number of hydrogen-bond donors (Lipinski definition) is 0. The van der Waals surface area contributed by atoms with Gasteiger partial charge in [0.25, 0.3) is 0 Å². The lowest BCUT2D eigenvalue weighted by molar-refractivity contribution is -0.133. The molecule has 2 aliphatic heterocycles. The fourth-order valence-corrected chi connectivity index (χ4v) is 4.93. The van der Waals surface area contributed by atoms with E-state index in [9.17, 15) is 4.79 Å². The molecule has 1 fully saturated rings. The Hall–Kier alpha value is -1.99. The molecule has 1 saturated heterocycles. The highest BCUT2D eigenvalue weighted by molar-refractivity contribution is 7.10. The molecule has 0 N–H and O–H groups in total. The van der Waals surface area contributed by atoms with Gasteiger partial charge in [-0.05, 0) is 35.9 Å². The molecule has 0 spiro atoms. The summed E-state index contributed by atoms with van der Waals surface area (Å²) in [5.74, 6) is 1.00. The number of piperazine rings is 1. The van der Waals surface area contributed by atoms with Crippen molar-refractivity contribution < 1.29 is 4.79 Å².